The molecule has 1 N–H and O–H groups in total. The van der Waals surface area contributed by atoms with Crippen molar-refractivity contribution in [2.75, 3.05) is 6.61 Å². The molecule has 0 amide bonds. The van der Waals surface area contributed by atoms with Crippen LogP contribution in [0.4, 0.5) is 0 Å². The van der Waals surface area contributed by atoms with Gasteiger partial charge in [0.2, 0.25) is 10.0 Å². The summed E-state index contributed by atoms with van der Waals surface area (Å²) in [6, 6.07) is 12.8. The van der Waals surface area contributed by atoms with Crippen LogP contribution in [0.1, 0.15) is 23.6 Å². The van der Waals surface area contributed by atoms with E-state index in [9.17, 15) is 8.42 Å². The second kappa shape index (κ2) is 6.10. The summed E-state index contributed by atoms with van der Waals surface area (Å²) >= 11 is 0. The van der Waals surface area contributed by atoms with Gasteiger partial charge in [0.1, 0.15) is 5.75 Å². The molecule has 4 nitrogen and oxygen atoms in total. The van der Waals surface area contributed by atoms with Crippen LogP contribution in [0.2, 0.25) is 0 Å². The van der Waals surface area contributed by atoms with Crippen LogP contribution in [0.5, 0.6) is 5.75 Å². The second-order valence-corrected chi connectivity index (χ2v) is 7.13. The summed E-state index contributed by atoms with van der Waals surface area (Å²) in [5.41, 5.74) is 3.21. The fourth-order valence-corrected chi connectivity index (χ4v) is 3.53. The largest absolute Gasteiger partial charge is 0.493 e. The molecule has 0 saturated carbocycles. The minimum absolute atomic E-state index is 0.283. The van der Waals surface area contributed by atoms with Crippen molar-refractivity contribution in [3.63, 3.8) is 0 Å². The van der Waals surface area contributed by atoms with Gasteiger partial charge in [-0.2, -0.15) is 0 Å². The highest BCUT2D eigenvalue weighted by molar-refractivity contribution is 7.89. The third-order valence-corrected chi connectivity index (χ3v) is 5.28. The molecule has 2 aromatic carbocycles. The molecule has 2 aromatic rings. The van der Waals surface area contributed by atoms with Gasteiger partial charge >= 0.3 is 0 Å². The lowest BCUT2D eigenvalue weighted by Crippen LogP contribution is -2.23. The SMILES string of the molecule is CCc1ccc(S(=O)(=O)NCc2ccc3c(c2)CCO3)cc1. The Bertz CT molecular complexity index is 767. The van der Waals surface area contributed by atoms with Crippen molar-refractivity contribution in [1.29, 1.82) is 0 Å². The average molecular weight is 317 g/mol. The molecular formula is C17H19NO3S. The molecule has 5 heteroatoms. The number of rotatable bonds is 5. The number of fused-ring (bicyclic) bond motifs is 1. The lowest BCUT2D eigenvalue weighted by atomic mass is 10.1. The van der Waals surface area contributed by atoms with Gasteiger partial charge in [0.25, 0.3) is 0 Å². The highest BCUT2D eigenvalue weighted by atomic mass is 32.2. The van der Waals surface area contributed by atoms with E-state index in [2.05, 4.69) is 4.72 Å². The number of hydrogen-bond acceptors (Lipinski definition) is 3. The molecule has 0 aliphatic carbocycles. The highest BCUT2D eigenvalue weighted by Gasteiger charge is 2.15. The maximum Gasteiger partial charge on any atom is 0.240 e. The Labute approximate surface area is 131 Å². The summed E-state index contributed by atoms with van der Waals surface area (Å²) in [6.07, 6.45) is 1.78. The average Bonchev–Trinajstić information content (AvgIpc) is 3.01. The Morgan fingerprint density at radius 1 is 1.09 bits per heavy atom. The van der Waals surface area contributed by atoms with Crippen molar-refractivity contribution >= 4 is 10.0 Å². The van der Waals surface area contributed by atoms with Crippen LogP contribution in [0.25, 0.3) is 0 Å². The monoisotopic (exact) mass is 317 g/mol. The Morgan fingerprint density at radius 3 is 2.55 bits per heavy atom. The molecule has 22 heavy (non-hydrogen) atoms. The first-order chi connectivity index (χ1) is 10.6. The topological polar surface area (TPSA) is 55.4 Å². The van der Waals surface area contributed by atoms with Gasteiger partial charge in [0.05, 0.1) is 11.5 Å². The molecule has 0 radical (unpaired) electrons. The minimum atomic E-state index is -3.48. The summed E-state index contributed by atoms with van der Waals surface area (Å²) in [4.78, 5) is 0.300. The predicted octanol–water partition coefficient (Wildman–Crippen LogP) is 2.66. The Hall–Kier alpha value is -1.85. The van der Waals surface area contributed by atoms with Crippen molar-refractivity contribution in [1.82, 2.24) is 4.72 Å². The van der Waals surface area contributed by atoms with Gasteiger partial charge in [-0.1, -0.05) is 31.2 Å². The molecule has 0 aromatic heterocycles. The number of sulfonamides is 1. The standard InChI is InChI=1S/C17H19NO3S/c1-2-13-3-6-16(7-4-13)22(19,20)18-12-14-5-8-17-15(11-14)9-10-21-17/h3-8,11,18H,2,9-10,12H2,1H3. The number of benzene rings is 2. The Balaban J connectivity index is 1.71. The molecule has 1 aliphatic rings. The third kappa shape index (κ3) is 3.15. The summed E-state index contributed by atoms with van der Waals surface area (Å²) in [5.74, 6) is 0.904. The van der Waals surface area contributed by atoms with E-state index < -0.39 is 10.0 Å². The van der Waals surface area contributed by atoms with E-state index in [4.69, 9.17) is 4.74 Å². The van der Waals surface area contributed by atoms with Crippen LogP contribution in [-0.2, 0) is 29.4 Å². The summed E-state index contributed by atoms with van der Waals surface area (Å²) in [5, 5.41) is 0. The normalized spacial score (nSPS) is 13.7. The fraction of sp³-hybridized carbons (Fsp3) is 0.294. The van der Waals surface area contributed by atoms with Gasteiger partial charge in [-0.15, -0.1) is 0 Å². The van der Waals surface area contributed by atoms with Crippen LogP contribution in [0.15, 0.2) is 47.4 Å². The maximum atomic E-state index is 12.3. The Kier molecular flexibility index (Phi) is 4.18. The van der Waals surface area contributed by atoms with Crippen LogP contribution in [0, 0.1) is 0 Å². The van der Waals surface area contributed by atoms with Crippen molar-refractivity contribution in [2.45, 2.75) is 31.2 Å². The first kappa shape index (κ1) is 15.1. The molecule has 0 unspecified atom stereocenters. The minimum Gasteiger partial charge on any atom is -0.493 e. The predicted molar refractivity (Wildman–Crippen MR) is 85.5 cm³/mol. The quantitative estimate of drug-likeness (QED) is 0.922. The number of ether oxygens (including phenoxy) is 1. The third-order valence-electron chi connectivity index (χ3n) is 3.86. The van der Waals surface area contributed by atoms with E-state index in [-0.39, 0.29) is 6.54 Å². The van der Waals surface area contributed by atoms with Gasteiger partial charge in [-0.25, -0.2) is 13.1 Å². The van der Waals surface area contributed by atoms with Crippen molar-refractivity contribution < 1.29 is 13.2 Å². The van der Waals surface area contributed by atoms with Crippen LogP contribution < -0.4 is 9.46 Å². The molecule has 0 fully saturated rings. The van der Waals surface area contributed by atoms with Crippen LogP contribution in [0.3, 0.4) is 0 Å². The maximum absolute atomic E-state index is 12.3. The molecule has 0 saturated heterocycles. The molecule has 1 heterocycles. The van der Waals surface area contributed by atoms with Gasteiger partial charge in [0, 0.05) is 13.0 Å². The lowest BCUT2D eigenvalue weighted by molar-refractivity contribution is 0.357. The van der Waals surface area contributed by atoms with Gasteiger partial charge in [-0.3, -0.25) is 0 Å². The molecular weight excluding hydrogens is 298 g/mol. The Morgan fingerprint density at radius 2 is 1.82 bits per heavy atom. The van der Waals surface area contributed by atoms with E-state index in [1.807, 2.05) is 37.3 Å². The van der Waals surface area contributed by atoms with E-state index in [1.165, 1.54) is 0 Å². The van der Waals surface area contributed by atoms with Crippen LogP contribution in [-0.4, -0.2) is 15.0 Å². The molecule has 3 rings (SSSR count). The smallest absolute Gasteiger partial charge is 0.240 e. The summed E-state index contributed by atoms with van der Waals surface area (Å²) < 4.78 is 32.7. The van der Waals surface area contributed by atoms with Crippen molar-refractivity contribution in [3.8, 4) is 5.75 Å². The second-order valence-electron chi connectivity index (χ2n) is 5.36. The molecule has 1 aliphatic heterocycles. The lowest BCUT2D eigenvalue weighted by Gasteiger charge is -2.08. The molecule has 116 valence electrons. The van der Waals surface area contributed by atoms with Gasteiger partial charge in [-0.05, 0) is 41.3 Å². The fourth-order valence-electron chi connectivity index (χ4n) is 2.52. The number of nitrogens with one attached hydrogen (secondary N) is 1. The van der Waals surface area contributed by atoms with Gasteiger partial charge < -0.3 is 4.74 Å². The number of aryl methyl sites for hydroxylation is 1. The van der Waals surface area contributed by atoms with E-state index in [1.54, 1.807) is 12.1 Å². The van der Waals surface area contributed by atoms with Gasteiger partial charge in [0.15, 0.2) is 0 Å². The first-order valence-corrected chi connectivity index (χ1v) is 8.90. The molecule has 0 bridgehead atoms. The van der Waals surface area contributed by atoms with Crippen molar-refractivity contribution in [2.24, 2.45) is 0 Å². The number of hydrogen-bond donors (Lipinski definition) is 1. The molecule has 0 atom stereocenters. The highest BCUT2D eigenvalue weighted by Crippen LogP contribution is 2.26. The zero-order valence-corrected chi connectivity index (χ0v) is 13.3. The zero-order chi connectivity index (χ0) is 15.6. The summed E-state index contributed by atoms with van der Waals surface area (Å²) in [7, 11) is -3.48. The van der Waals surface area contributed by atoms with E-state index in [0.29, 0.717) is 11.5 Å². The summed E-state index contributed by atoms with van der Waals surface area (Å²) in [6.45, 7) is 3.03. The van der Waals surface area contributed by atoms with Crippen LogP contribution >= 0.6 is 0 Å². The zero-order valence-electron chi connectivity index (χ0n) is 12.5. The van der Waals surface area contributed by atoms with Crippen molar-refractivity contribution in [3.05, 3.63) is 59.2 Å². The first-order valence-electron chi connectivity index (χ1n) is 7.42. The molecule has 0 spiro atoms. The van der Waals surface area contributed by atoms with E-state index in [0.717, 1.165) is 35.3 Å². The van der Waals surface area contributed by atoms with E-state index >= 15 is 0 Å².